The standard InChI is InChI=1S/C15H18N4O2S/c1-4-12-13(22-18-17-12)14(20)16-9-10-5-7-11(8-6-10)15(21)19(2)3/h5-8H,4,9H2,1-3H3,(H,16,20). The molecule has 1 aromatic heterocycles. The summed E-state index contributed by atoms with van der Waals surface area (Å²) in [6, 6.07) is 7.19. The van der Waals surface area contributed by atoms with Crippen molar-refractivity contribution < 1.29 is 9.59 Å². The fourth-order valence-electron chi connectivity index (χ4n) is 1.90. The summed E-state index contributed by atoms with van der Waals surface area (Å²) in [6.45, 7) is 2.34. The van der Waals surface area contributed by atoms with Crippen molar-refractivity contribution in [3.05, 3.63) is 46.0 Å². The Balaban J connectivity index is 1.97. The molecule has 0 atom stereocenters. The summed E-state index contributed by atoms with van der Waals surface area (Å²) in [5, 5.41) is 6.77. The summed E-state index contributed by atoms with van der Waals surface area (Å²) in [7, 11) is 3.43. The number of nitrogens with one attached hydrogen (secondary N) is 1. The first-order valence-corrected chi connectivity index (χ1v) is 7.70. The Morgan fingerprint density at radius 1 is 1.23 bits per heavy atom. The lowest BCUT2D eigenvalue weighted by Crippen LogP contribution is -2.23. The van der Waals surface area contributed by atoms with Crippen LogP contribution < -0.4 is 5.32 Å². The van der Waals surface area contributed by atoms with Gasteiger partial charge in [-0.25, -0.2) is 0 Å². The fraction of sp³-hybridized carbons (Fsp3) is 0.333. The Morgan fingerprint density at radius 2 is 1.91 bits per heavy atom. The predicted octanol–water partition coefficient (Wildman–Crippen LogP) is 1.73. The average Bonchev–Trinajstić information content (AvgIpc) is 3.01. The molecule has 2 amide bonds. The first-order chi connectivity index (χ1) is 10.5. The number of aryl methyl sites for hydroxylation is 1. The van der Waals surface area contributed by atoms with E-state index in [4.69, 9.17) is 0 Å². The molecule has 2 aromatic rings. The van der Waals surface area contributed by atoms with Crippen LogP contribution in [0.3, 0.4) is 0 Å². The second-order valence-corrected chi connectivity index (χ2v) is 5.74. The predicted molar refractivity (Wildman–Crippen MR) is 84.9 cm³/mol. The number of rotatable bonds is 5. The van der Waals surface area contributed by atoms with E-state index in [0.29, 0.717) is 23.4 Å². The molecule has 0 bridgehead atoms. The normalized spacial score (nSPS) is 10.3. The maximum Gasteiger partial charge on any atom is 0.265 e. The lowest BCUT2D eigenvalue weighted by molar-refractivity contribution is 0.0827. The number of benzene rings is 1. The molecule has 0 spiro atoms. The van der Waals surface area contributed by atoms with Crippen LogP contribution in [-0.4, -0.2) is 40.4 Å². The van der Waals surface area contributed by atoms with E-state index in [1.807, 2.05) is 19.1 Å². The Hall–Kier alpha value is -2.28. The first-order valence-electron chi connectivity index (χ1n) is 6.93. The monoisotopic (exact) mass is 318 g/mol. The highest BCUT2D eigenvalue weighted by Crippen LogP contribution is 2.11. The highest BCUT2D eigenvalue weighted by Gasteiger charge is 2.14. The van der Waals surface area contributed by atoms with Crippen molar-refractivity contribution in [1.29, 1.82) is 0 Å². The third kappa shape index (κ3) is 3.67. The van der Waals surface area contributed by atoms with Gasteiger partial charge in [-0.2, -0.15) is 0 Å². The van der Waals surface area contributed by atoms with Gasteiger partial charge in [0, 0.05) is 26.2 Å². The van der Waals surface area contributed by atoms with Crippen molar-refractivity contribution in [2.75, 3.05) is 14.1 Å². The number of carbonyl (C=O) groups is 2. The van der Waals surface area contributed by atoms with Crippen molar-refractivity contribution >= 4 is 23.3 Å². The van der Waals surface area contributed by atoms with E-state index in [1.54, 1.807) is 26.2 Å². The number of carbonyl (C=O) groups excluding carboxylic acids is 2. The van der Waals surface area contributed by atoms with E-state index in [2.05, 4.69) is 14.9 Å². The molecule has 0 saturated carbocycles. The van der Waals surface area contributed by atoms with Crippen molar-refractivity contribution in [3.8, 4) is 0 Å². The molecule has 2 rings (SSSR count). The van der Waals surface area contributed by atoms with Crippen LogP contribution in [-0.2, 0) is 13.0 Å². The van der Waals surface area contributed by atoms with E-state index < -0.39 is 0 Å². The third-order valence-corrected chi connectivity index (χ3v) is 3.92. The highest BCUT2D eigenvalue weighted by molar-refractivity contribution is 7.08. The third-order valence-electron chi connectivity index (χ3n) is 3.16. The minimum Gasteiger partial charge on any atom is -0.347 e. The number of nitrogens with zero attached hydrogens (tertiary/aromatic N) is 3. The Kier molecular flexibility index (Phi) is 5.21. The average molecular weight is 318 g/mol. The SMILES string of the molecule is CCc1nnsc1C(=O)NCc1ccc(C(=O)N(C)C)cc1. The van der Waals surface area contributed by atoms with Crippen molar-refractivity contribution in [2.24, 2.45) is 0 Å². The van der Waals surface area contributed by atoms with Crippen LogP contribution >= 0.6 is 11.5 Å². The smallest absolute Gasteiger partial charge is 0.265 e. The summed E-state index contributed by atoms with van der Waals surface area (Å²) in [5.74, 6) is -0.209. The topological polar surface area (TPSA) is 75.2 Å². The van der Waals surface area contributed by atoms with Crippen molar-refractivity contribution in [1.82, 2.24) is 19.8 Å². The summed E-state index contributed by atoms with van der Waals surface area (Å²) >= 11 is 1.10. The van der Waals surface area contributed by atoms with Crippen molar-refractivity contribution in [2.45, 2.75) is 19.9 Å². The zero-order valence-electron chi connectivity index (χ0n) is 12.8. The lowest BCUT2D eigenvalue weighted by Gasteiger charge is -2.10. The largest absolute Gasteiger partial charge is 0.347 e. The van der Waals surface area contributed by atoms with Gasteiger partial charge in [-0.1, -0.05) is 23.5 Å². The number of aromatic nitrogens is 2. The van der Waals surface area contributed by atoms with E-state index >= 15 is 0 Å². The quantitative estimate of drug-likeness (QED) is 0.911. The first kappa shape index (κ1) is 16.1. The maximum absolute atomic E-state index is 12.1. The minimum absolute atomic E-state index is 0.0427. The lowest BCUT2D eigenvalue weighted by atomic mass is 10.1. The molecular formula is C15H18N4O2S. The molecule has 0 unspecified atom stereocenters. The fourth-order valence-corrected chi connectivity index (χ4v) is 2.57. The van der Waals surface area contributed by atoms with Crippen molar-refractivity contribution in [3.63, 3.8) is 0 Å². The van der Waals surface area contributed by atoms with Gasteiger partial charge in [-0.3, -0.25) is 9.59 Å². The Bertz CT molecular complexity index is 664. The molecule has 116 valence electrons. The second kappa shape index (κ2) is 7.13. The molecule has 22 heavy (non-hydrogen) atoms. The molecule has 0 fully saturated rings. The summed E-state index contributed by atoms with van der Waals surface area (Å²) < 4.78 is 3.81. The van der Waals surface area contributed by atoms with Crippen LogP contribution in [0.15, 0.2) is 24.3 Å². The number of hydrogen-bond donors (Lipinski definition) is 1. The van der Waals surface area contributed by atoms with Crippen LogP contribution in [0.5, 0.6) is 0 Å². The molecule has 0 aliphatic heterocycles. The maximum atomic E-state index is 12.1. The molecular weight excluding hydrogens is 300 g/mol. The second-order valence-electron chi connectivity index (χ2n) is 4.98. The van der Waals surface area contributed by atoms with E-state index in [0.717, 1.165) is 22.8 Å². The summed E-state index contributed by atoms with van der Waals surface area (Å²) in [4.78, 5) is 26.0. The zero-order valence-corrected chi connectivity index (χ0v) is 13.6. The van der Waals surface area contributed by atoms with Gasteiger partial charge >= 0.3 is 0 Å². The van der Waals surface area contributed by atoms with Gasteiger partial charge in [0.2, 0.25) is 0 Å². The summed E-state index contributed by atoms with van der Waals surface area (Å²) in [6.07, 6.45) is 0.681. The van der Waals surface area contributed by atoms with Crippen LogP contribution in [0.2, 0.25) is 0 Å². The van der Waals surface area contributed by atoms with Crippen LogP contribution in [0, 0.1) is 0 Å². The van der Waals surface area contributed by atoms with Gasteiger partial charge in [0.05, 0.1) is 5.69 Å². The number of amides is 2. The zero-order chi connectivity index (χ0) is 16.1. The van der Waals surface area contributed by atoms with Gasteiger partial charge in [0.25, 0.3) is 11.8 Å². The molecule has 6 nitrogen and oxygen atoms in total. The Labute approximate surface area is 133 Å². The Morgan fingerprint density at radius 3 is 2.50 bits per heavy atom. The van der Waals surface area contributed by atoms with Gasteiger partial charge in [-0.15, -0.1) is 5.10 Å². The van der Waals surface area contributed by atoms with Crippen LogP contribution in [0.4, 0.5) is 0 Å². The molecule has 1 heterocycles. The number of hydrogen-bond acceptors (Lipinski definition) is 5. The van der Waals surface area contributed by atoms with Gasteiger partial charge < -0.3 is 10.2 Å². The molecule has 0 saturated heterocycles. The van der Waals surface area contributed by atoms with Gasteiger partial charge in [-0.05, 0) is 35.6 Å². The summed E-state index contributed by atoms with van der Waals surface area (Å²) in [5.41, 5.74) is 2.27. The molecule has 0 radical (unpaired) electrons. The molecule has 1 aromatic carbocycles. The molecule has 0 aliphatic rings. The minimum atomic E-state index is -0.166. The van der Waals surface area contributed by atoms with Gasteiger partial charge in [0.15, 0.2) is 0 Å². The van der Waals surface area contributed by atoms with Crippen LogP contribution in [0.1, 0.15) is 38.2 Å². The van der Waals surface area contributed by atoms with E-state index in [1.165, 1.54) is 4.90 Å². The van der Waals surface area contributed by atoms with E-state index in [9.17, 15) is 9.59 Å². The van der Waals surface area contributed by atoms with E-state index in [-0.39, 0.29) is 11.8 Å². The highest BCUT2D eigenvalue weighted by atomic mass is 32.1. The van der Waals surface area contributed by atoms with Crippen LogP contribution in [0.25, 0.3) is 0 Å². The molecule has 1 N–H and O–H groups in total. The molecule has 0 aliphatic carbocycles. The molecule has 7 heteroatoms. The van der Waals surface area contributed by atoms with Gasteiger partial charge in [0.1, 0.15) is 4.88 Å².